The summed E-state index contributed by atoms with van der Waals surface area (Å²) in [5, 5.41) is 0. The molecule has 0 aliphatic heterocycles. The molecule has 3 saturated carbocycles. The molecule has 5 rings (SSSR count). The van der Waals surface area contributed by atoms with E-state index in [9.17, 15) is 14.4 Å². The van der Waals surface area contributed by atoms with Crippen molar-refractivity contribution in [2.24, 2.45) is 58.2 Å². The number of esters is 2. The normalized spacial score (nSPS) is 36.8. The lowest BCUT2D eigenvalue weighted by atomic mass is 9.46. The van der Waals surface area contributed by atoms with Gasteiger partial charge in [0.2, 0.25) is 0 Å². The van der Waals surface area contributed by atoms with E-state index in [1.807, 2.05) is 24.3 Å². The van der Waals surface area contributed by atoms with Crippen molar-refractivity contribution in [2.45, 2.75) is 119 Å². The first-order valence-electron chi connectivity index (χ1n) is 17.5. The minimum absolute atomic E-state index is 0.0201. The van der Waals surface area contributed by atoms with Crippen LogP contribution in [0, 0.1) is 58.2 Å². The number of ketones is 1. The maximum absolute atomic E-state index is 14.1. The fraction of sp³-hybridized carbons (Fsp3) is 0.718. The minimum atomic E-state index is -0.296. The summed E-state index contributed by atoms with van der Waals surface area (Å²) in [5.74, 6) is 2.20. The van der Waals surface area contributed by atoms with Gasteiger partial charge < -0.3 is 9.47 Å². The minimum Gasteiger partial charge on any atom is -0.462 e. The standard InChI is InChI=1S/C39H56O5/c1-9-27(23(2)3)21-35(43-26(6)40)24(4)30-15-16-31-29-22-33(41)36-25(5)34(44-37(42)28-13-11-10-12-14-28)18-20-39(36,8)32(29)17-19-38(30,31)7/h10-14,22-25,27,30-32,34-36H,9,15-21H2,1-8H3. The van der Waals surface area contributed by atoms with Gasteiger partial charge in [-0.1, -0.05) is 78.7 Å². The van der Waals surface area contributed by atoms with Crippen LogP contribution in [0.3, 0.4) is 0 Å². The Balaban J connectivity index is 1.36. The van der Waals surface area contributed by atoms with Gasteiger partial charge in [0.05, 0.1) is 5.56 Å². The molecule has 3 fully saturated rings. The van der Waals surface area contributed by atoms with Crippen molar-refractivity contribution in [1.29, 1.82) is 0 Å². The van der Waals surface area contributed by atoms with Crippen molar-refractivity contribution < 1.29 is 23.9 Å². The number of ether oxygens (including phenoxy) is 2. The zero-order chi connectivity index (χ0) is 32.0. The first-order chi connectivity index (χ1) is 20.8. The Kier molecular flexibility index (Phi) is 9.55. The summed E-state index contributed by atoms with van der Waals surface area (Å²) >= 11 is 0. The molecule has 5 heteroatoms. The van der Waals surface area contributed by atoms with E-state index >= 15 is 0 Å². The number of hydrogen-bond donors (Lipinski definition) is 0. The van der Waals surface area contributed by atoms with E-state index in [0.29, 0.717) is 35.2 Å². The van der Waals surface area contributed by atoms with Gasteiger partial charge in [0.25, 0.3) is 0 Å². The monoisotopic (exact) mass is 604 g/mol. The molecule has 1 aromatic carbocycles. The van der Waals surface area contributed by atoms with E-state index in [1.165, 1.54) is 5.57 Å². The summed E-state index contributed by atoms with van der Waals surface area (Å²) in [7, 11) is 0. The number of rotatable bonds is 9. The average molecular weight is 605 g/mol. The fourth-order valence-electron chi connectivity index (χ4n) is 10.7. The third-order valence-electron chi connectivity index (χ3n) is 13.2. The molecule has 0 spiro atoms. The molecule has 11 atom stereocenters. The Bertz CT molecular complexity index is 1250. The van der Waals surface area contributed by atoms with Gasteiger partial charge >= 0.3 is 11.9 Å². The summed E-state index contributed by atoms with van der Waals surface area (Å²) in [5.41, 5.74) is 1.93. The van der Waals surface area contributed by atoms with E-state index in [0.717, 1.165) is 51.4 Å². The molecule has 1 aromatic rings. The number of carbonyl (C=O) groups excluding carboxylic acids is 3. The predicted octanol–water partition coefficient (Wildman–Crippen LogP) is 8.86. The Morgan fingerprint density at radius 1 is 0.955 bits per heavy atom. The third-order valence-corrected chi connectivity index (χ3v) is 13.2. The van der Waals surface area contributed by atoms with Crippen molar-refractivity contribution in [2.75, 3.05) is 0 Å². The second kappa shape index (κ2) is 12.8. The molecular formula is C39H56O5. The molecule has 0 amide bonds. The van der Waals surface area contributed by atoms with Crippen LogP contribution in [0.1, 0.15) is 117 Å². The van der Waals surface area contributed by atoms with Crippen molar-refractivity contribution in [3.63, 3.8) is 0 Å². The Hall–Kier alpha value is -2.43. The van der Waals surface area contributed by atoms with Gasteiger partial charge in [0, 0.05) is 18.8 Å². The number of hydrogen-bond acceptors (Lipinski definition) is 5. The Morgan fingerprint density at radius 2 is 1.61 bits per heavy atom. The van der Waals surface area contributed by atoms with Crippen LogP contribution in [0.4, 0.5) is 0 Å². The maximum atomic E-state index is 14.1. The summed E-state index contributed by atoms with van der Waals surface area (Å²) in [6.07, 6.45) is 9.87. The van der Waals surface area contributed by atoms with E-state index in [4.69, 9.17) is 9.47 Å². The lowest BCUT2D eigenvalue weighted by Crippen LogP contribution is -2.56. The molecule has 11 unspecified atom stereocenters. The van der Waals surface area contributed by atoms with Gasteiger partial charge in [-0.15, -0.1) is 0 Å². The quantitative estimate of drug-likeness (QED) is 0.263. The smallest absolute Gasteiger partial charge is 0.338 e. The maximum Gasteiger partial charge on any atom is 0.338 e. The zero-order valence-electron chi connectivity index (χ0n) is 28.4. The molecule has 242 valence electrons. The Morgan fingerprint density at radius 3 is 2.25 bits per heavy atom. The molecular weight excluding hydrogens is 548 g/mol. The van der Waals surface area contributed by atoms with E-state index < -0.39 is 0 Å². The van der Waals surface area contributed by atoms with Crippen LogP contribution in [0.25, 0.3) is 0 Å². The number of allylic oxidation sites excluding steroid dienone is 2. The summed E-state index contributed by atoms with van der Waals surface area (Å²) in [6, 6.07) is 9.17. The second-order valence-electron chi connectivity index (χ2n) is 15.7. The first-order valence-corrected chi connectivity index (χ1v) is 17.5. The van der Waals surface area contributed by atoms with E-state index in [2.05, 4.69) is 48.5 Å². The van der Waals surface area contributed by atoms with Crippen LogP contribution >= 0.6 is 0 Å². The van der Waals surface area contributed by atoms with Crippen LogP contribution in [0.5, 0.6) is 0 Å². The molecule has 0 N–H and O–H groups in total. The van der Waals surface area contributed by atoms with Crippen LogP contribution in [-0.2, 0) is 19.1 Å². The van der Waals surface area contributed by atoms with Crippen molar-refractivity contribution >= 4 is 17.7 Å². The molecule has 44 heavy (non-hydrogen) atoms. The number of fused-ring (bicyclic) bond motifs is 5. The van der Waals surface area contributed by atoms with Crippen LogP contribution in [0.2, 0.25) is 0 Å². The molecule has 5 nitrogen and oxygen atoms in total. The Labute approximate surface area is 265 Å². The van der Waals surface area contributed by atoms with Gasteiger partial charge in [0.1, 0.15) is 12.2 Å². The zero-order valence-corrected chi connectivity index (χ0v) is 28.4. The highest BCUT2D eigenvalue weighted by molar-refractivity contribution is 5.95. The topological polar surface area (TPSA) is 69.7 Å². The van der Waals surface area contributed by atoms with Gasteiger partial charge in [0.15, 0.2) is 5.78 Å². The van der Waals surface area contributed by atoms with Crippen molar-refractivity contribution in [3.8, 4) is 0 Å². The second-order valence-corrected chi connectivity index (χ2v) is 15.7. The number of benzene rings is 1. The van der Waals surface area contributed by atoms with Gasteiger partial charge in [-0.3, -0.25) is 9.59 Å². The van der Waals surface area contributed by atoms with Gasteiger partial charge in [-0.05, 0) is 109 Å². The van der Waals surface area contributed by atoms with Gasteiger partial charge in [-0.2, -0.15) is 0 Å². The lowest BCUT2D eigenvalue weighted by Gasteiger charge is -2.58. The molecule has 4 aliphatic rings. The average Bonchev–Trinajstić information content (AvgIpc) is 3.33. The SMILES string of the molecule is CCC(CC(OC(C)=O)C(C)C1CCC2C3=CC(=O)C4C(C)C(OC(=O)c5ccccc5)CCC4(C)C3CCC21C)C(C)C. The predicted molar refractivity (Wildman–Crippen MR) is 174 cm³/mol. The lowest BCUT2D eigenvalue weighted by molar-refractivity contribution is -0.153. The van der Waals surface area contributed by atoms with E-state index in [1.54, 1.807) is 19.1 Å². The van der Waals surface area contributed by atoms with Crippen molar-refractivity contribution in [3.05, 3.63) is 47.5 Å². The van der Waals surface area contributed by atoms with Crippen LogP contribution in [0.15, 0.2) is 42.0 Å². The van der Waals surface area contributed by atoms with Crippen LogP contribution in [-0.4, -0.2) is 29.9 Å². The molecule has 0 heterocycles. The summed E-state index contributed by atoms with van der Waals surface area (Å²) < 4.78 is 12.1. The van der Waals surface area contributed by atoms with E-state index in [-0.39, 0.29) is 58.5 Å². The molecule has 4 aliphatic carbocycles. The molecule has 0 aromatic heterocycles. The fourth-order valence-corrected chi connectivity index (χ4v) is 10.7. The number of carbonyl (C=O) groups is 3. The largest absolute Gasteiger partial charge is 0.462 e. The third kappa shape index (κ3) is 5.82. The first kappa shape index (κ1) is 32.9. The van der Waals surface area contributed by atoms with Gasteiger partial charge in [-0.25, -0.2) is 4.79 Å². The summed E-state index contributed by atoms with van der Waals surface area (Å²) in [4.78, 5) is 39.3. The highest BCUT2D eigenvalue weighted by Crippen LogP contribution is 2.67. The molecule has 0 bridgehead atoms. The van der Waals surface area contributed by atoms with Crippen LogP contribution < -0.4 is 0 Å². The summed E-state index contributed by atoms with van der Waals surface area (Å²) in [6.45, 7) is 17.6. The highest BCUT2D eigenvalue weighted by atomic mass is 16.5. The highest BCUT2D eigenvalue weighted by Gasteiger charge is 2.62. The molecule has 0 saturated heterocycles. The molecule has 0 radical (unpaired) electrons. The van der Waals surface area contributed by atoms with Crippen molar-refractivity contribution in [1.82, 2.24) is 0 Å².